The first-order valence-corrected chi connectivity index (χ1v) is 14.2. The van der Waals surface area contributed by atoms with Crippen LogP contribution in [0.4, 0.5) is 0 Å². The highest BCUT2D eigenvalue weighted by molar-refractivity contribution is 7.92. The Morgan fingerprint density at radius 3 is 2.19 bits per heavy atom. The number of ketones is 1. The van der Waals surface area contributed by atoms with Gasteiger partial charge in [0.15, 0.2) is 23.9 Å². The molecule has 1 saturated carbocycles. The highest BCUT2D eigenvalue weighted by Gasteiger charge is 2.52. The molecule has 1 aromatic rings. The first-order valence-electron chi connectivity index (χ1n) is 9.77. The second-order valence-electron chi connectivity index (χ2n) is 9.66. The summed E-state index contributed by atoms with van der Waals surface area (Å²) in [6, 6.07) is 8.35. The summed E-state index contributed by atoms with van der Waals surface area (Å²) in [5, 5.41) is -0.994. The summed E-state index contributed by atoms with van der Waals surface area (Å²) in [5.41, 5.74) is 0. The molecule has 6 heteroatoms. The van der Waals surface area contributed by atoms with E-state index in [1.54, 1.807) is 30.3 Å². The third-order valence-electron chi connectivity index (χ3n) is 5.99. The van der Waals surface area contributed by atoms with E-state index in [4.69, 9.17) is 4.43 Å². The van der Waals surface area contributed by atoms with Crippen molar-refractivity contribution in [3.8, 4) is 0 Å². The zero-order chi connectivity index (χ0) is 20.6. The minimum atomic E-state index is -3.72. The fraction of sp³-hybridized carbons (Fsp3) is 0.667. The lowest BCUT2D eigenvalue weighted by atomic mass is 9.94. The maximum atomic E-state index is 13.3. The maximum Gasteiger partial charge on any atom is 0.192 e. The Kier molecular flexibility index (Phi) is 6.44. The van der Waals surface area contributed by atoms with Crippen LogP contribution in [0.15, 0.2) is 35.2 Å². The topological polar surface area (TPSA) is 60.4 Å². The van der Waals surface area contributed by atoms with E-state index in [9.17, 15) is 13.2 Å². The lowest BCUT2D eigenvalue weighted by Gasteiger charge is -2.40. The average Bonchev–Trinajstić information content (AvgIpc) is 2.81. The van der Waals surface area contributed by atoms with Crippen LogP contribution in [0.25, 0.3) is 0 Å². The van der Waals surface area contributed by atoms with E-state index in [0.717, 1.165) is 0 Å². The van der Waals surface area contributed by atoms with Crippen molar-refractivity contribution in [3.05, 3.63) is 30.3 Å². The number of hydrogen-bond acceptors (Lipinski definition) is 4. The molecule has 27 heavy (non-hydrogen) atoms. The van der Waals surface area contributed by atoms with E-state index in [1.165, 1.54) is 0 Å². The van der Waals surface area contributed by atoms with Gasteiger partial charge in [-0.1, -0.05) is 52.8 Å². The van der Waals surface area contributed by atoms with Crippen LogP contribution in [0, 0.1) is 11.8 Å². The molecule has 1 fully saturated rings. The minimum Gasteiger partial charge on any atom is -0.413 e. The Morgan fingerprint density at radius 2 is 1.70 bits per heavy atom. The van der Waals surface area contributed by atoms with Crippen molar-refractivity contribution in [3.63, 3.8) is 0 Å². The van der Waals surface area contributed by atoms with Crippen LogP contribution in [0.3, 0.4) is 0 Å². The molecule has 0 aliphatic heterocycles. The predicted molar refractivity (Wildman–Crippen MR) is 112 cm³/mol. The maximum absolute atomic E-state index is 13.3. The summed E-state index contributed by atoms with van der Waals surface area (Å²) in [5.74, 6) is -0.204. The molecule has 0 radical (unpaired) electrons. The molecule has 152 valence electrons. The average molecular weight is 411 g/mol. The Balaban J connectivity index is 2.42. The van der Waals surface area contributed by atoms with Crippen molar-refractivity contribution in [1.29, 1.82) is 0 Å². The summed E-state index contributed by atoms with van der Waals surface area (Å²) < 4.78 is 33.1. The van der Waals surface area contributed by atoms with Gasteiger partial charge in [-0.05, 0) is 42.6 Å². The van der Waals surface area contributed by atoms with Gasteiger partial charge in [-0.25, -0.2) is 8.42 Å². The normalized spacial score (nSPS) is 24.6. The van der Waals surface area contributed by atoms with Crippen molar-refractivity contribution in [2.75, 3.05) is 0 Å². The summed E-state index contributed by atoms with van der Waals surface area (Å²) >= 11 is 0. The molecule has 0 bridgehead atoms. The fourth-order valence-electron chi connectivity index (χ4n) is 3.56. The van der Waals surface area contributed by atoms with Gasteiger partial charge < -0.3 is 4.43 Å². The number of rotatable bonds is 6. The largest absolute Gasteiger partial charge is 0.413 e. The molecule has 0 unspecified atom stereocenters. The van der Waals surface area contributed by atoms with Crippen LogP contribution in [0.2, 0.25) is 18.1 Å². The Morgan fingerprint density at radius 1 is 1.15 bits per heavy atom. The standard InChI is InChI=1S/C21H34O4SSi/c1-15(2)13-17-19(25-27(6,7)21(3,4)5)14-18(22)20(17)26(23,24)16-11-9-8-10-12-16/h8-12,15,17,19-20H,13-14H2,1-7H3/t17-,19+,20+/m1/s1. The zero-order valence-electron chi connectivity index (χ0n) is 17.7. The molecule has 0 aromatic heterocycles. The van der Waals surface area contributed by atoms with Gasteiger partial charge in [0.25, 0.3) is 0 Å². The first-order chi connectivity index (χ1) is 12.3. The monoisotopic (exact) mass is 410 g/mol. The van der Waals surface area contributed by atoms with Gasteiger partial charge in [-0.3, -0.25) is 4.79 Å². The van der Waals surface area contributed by atoms with Crippen molar-refractivity contribution in [2.45, 2.75) is 81.8 Å². The van der Waals surface area contributed by atoms with E-state index in [0.29, 0.717) is 12.3 Å². The van der Waals surface area contributed by atoms with Crippen LogP contribution in [-0.4, -0.2) is 33.9 Å². The summed E-state index contributed by atoms with van der Waals surface area (Å²) in [6.07, 6.45) is 0.548. The van der Waals surface area contributed by atoms with Crippen LogP contribution in [-0.2, 0) is 19.1 Å². The van der Waals surface area contributed by atoms with E-state index in [2.05, 4.69) is 47.7 Å². The first kappa shape index (κ1) is 22.3. The number of hydrogen-bond donors (Lipinski definition) is 0. The second kappa shape index (κ2) is 7.80. The summed E-state index contributed by atoms with van der Waals surface area (Å²) in [7, 11) is -5.83. The van der Waals surface area contributed by atoms with Crippen LogP contribution in [0.1, 0.15) is 47.5 Å². The molecular weight excluding hydrogens is 376 g/mol. The van der Waals surface area contributed by atoms with E-state index < -0.39 is 23.4 Å². The van der Waals surface area contributed by atoms with Gasteiger partial charge in [0.2, 0.25) is 0 Å². The molecule has 1 aliphatic carbocycles. The molecule has 1 aliphatic rings. The van der Waals surface area contributed by atoms with Crippen molar-refractivity contribution in [1.82, 2.24) is 0 Å². The fourth-order valence-corrected chi connectivity index (χ4v) is 6.95. The number of carbonyl (C=O) groups excluding carboxylic acids is 1. The SMILES string of the molecule is CC(C)C[C@@H]1[C@@H](O[Si](C)(C)C(C)(C)C)CC(=O)[C@H]1S(=O)(=O)c1ccccc1. The Hall–Kier alpha value is -0.983. The lowest BCUT2D eigenvalue weighted by Crippen LogP contribution is -2.46. The highest BCUT2D eigenvalue weighted by atomic mass is 32.2. The second-order valence-corrected chi connectivity index (χ2v) is 16.5. The smallest absolute Gasteiger partial charge is 0.192 e. The third kappa shape index (κ3) is 4.72. The van der Waals surface area contributed by atoms with Gasteiger partial charge in [0.1, 0.15) is 5.25 Å². The van der Waals surface area contributed by atoms with Gasteiger partial charge in [-0.15, -0.1) is 0 Å². The number of sulfone groups is 1. The van der Waals surface area contributed by atoms with Gasteiger partial charge >= 0.3 is 0 Å². The molecule has 2 rings (SSSR count). The molecule has 0 spiro atoms. The third-order valence-corrected chi connectivity index (χ3v) is 12.7. The summed E-state index contributed by atoms with van der Waals surface area (Å²) in [4.78, 5) is 13.1. The lowest BCUT2D eigenvalue weighted by molar-refractivity contribution is -0.117. The Labute approximate surface area is 165 Å². The quantitative estimate of drug-likeness (QED) is 0.629. The van der Waals surface area contributed by atoms with Gasteiger partial charge in [-0.2, -0.15) is 0 Å². The Bertz CT molecular complexity index is 763. The van der Waals surface area contributed by atoms with Crippen molar-refractivity contribution < 1.29 is 17.6 Å². The summed E-state index contributed by atoms with van der Waals surface area (Å²) in [6.45, 7) is 14.9. The van der Waals surface area contributed by atoms with E-state index in [1.807, 2.05) is 0 Å². The molecule has 1 aromatic carbocycles. The van der Waals surface area contributed by atoms with Crippen molar-refractivity contribution in [2.24, 2.45) is 11.8 Å². The van der Waals surface area contributed by atoms with Crippen LogP contribution in [0.5, 0.6) is 0 Å². The van der Waals surface area contributed by atoms with E-state index in [-0.39, 0.29) is 34.2 Å². The van der Waals surface area contributed by atoms with Crippen LogP contribution < -0.4 is 0 Å². The number of Topliss-reactive ketones (excluding diaryl/α,β-unsaturated/α-hetero) is 1. The highest BCUT2D eigenvalue weighted by Crippen LogP contribution is 2.43. The molecular formula is C21H34O4SSi. The zero-order valence-corrected chi connectivity index (χ0v) is 19.5. The molecule has 0 amide bonds. The molecule has 0 saturated heterocycles. The van der Waals surface area contributed by atoms with Crippen molar-refractivity contribution >= 4 is 23.9 Å². The van der Waals surface area contributed by atoms with Crippen LogP contribution >= 0.6 is 0 Å². The van der Waals surface area contributed by atoms with E-state index >= 15 is 0 Å². The number of carbonyl (C=O) groups is 1. The molecule has 4 nitrogen and oxygen atoms in total. The molecule has 0 N–H and O–H groups in total. The van der Waals surface area contributed by atoms with Gasteiger partial charge in [0, 0.05) is 12.3 Å². The molecule has 3 atom stereocenters. The van der Waals surface area contributed by atoms with Gasteiger partial charge in [0.05, 0.1) is 11.0 Å². The molecule has 0 heterocycles. The number of benzene rings is 1. The predicted octanol–water partition coefficient (Wildman–Crippen LogP) is 4.85. The minimum absolute atomic E-state index is 0.00875.